The highest BCUT2D eigenvalue weighted by Crippen LogP contribution is 2.28. The van der Waals surface area contributed by atoms with Crippen molar-refractivity contribution in [1.29, 1.82) is 0 Å². The van der Waals surface area contributed by atoms with Crippen LogP contribution in [-0.4, -0.2) is 12.4 Å². The smallest absolute Gasteiger partial charge is 0.166 e. The van der Waals surface area contributed by atoms with Gasteiger partial charge in [0.15, 0.2) is 5.78 Å². The fourth-order valence-electron chi connectivity index (χ4n) is 2.33. The molecule has 1 aliphatic rings. The number of Topliss-reactive ketones (excluding diaryl/α,β-unsaturated/α-hetero) is 1. The molecule has 0 unspecified atom stereocenters. The second kappa shape index (κ2) is 5.15. The van der Waals surface area contributed by atoms with Crippen molar-refractivity contribution in [3.05, 3.63) is 29.8 Å². The molecular weight excluding hydrogens is 200 g/mol. The molecule has 0 aliphatic heterocycles. The summed E-state index contributed by atoms with van der Waals surface area (Å²) >= 11 is 0. The molecule has 0 atom stereocenters. The number of ketones is 1. The van der Waals surface area contributed by atoms with Gasteiger partial charge in [-0.25, -0.2) is 0 Å². The van der Waals surface area contributed by atoms with Crippen LogP contribution in [0.5, 0.6) is 5.75 Å². The Morgan fingerprint density at radius 2 is 2.12 bits per heavy atom. The summed E-state index contributed by atoms with van der Waals surface area (Å²) in [6.45, 7) is 2.59. The molecule has 0 spiro atoms. The molecule has 0 aromatic heterocycles. The maximum Gasteiger partial charge on any atom is 0.166 e. The highest BCUT2D eigenvalue weighted by Gasteiger charge is 2.23. The van der Waals surface area contributed by atoms with E-state index in [1.807, 2.05) is 31.2 Å². The lowest BCUT2D eigenvalue weighted by atomic mass is 9.96. The number of carbonyl (C=O) groups is 1. The maximum absolute atomic E-state index is 12.1. The SMILES string of the molecule is CCOc1cccc(C(=O)C2CCCC2)c1. The van der Waals surface area contributed by atoms with Crippen molar-refractivity contribution in [3.63, 3.8) is 0 Å². The molecule has 2 nitrogen and oxygen atoms in total. The van der Waals surface area contributed by atoms with Crippen LogP contribution in [0, 0.1) is 5.92 Å². The van der Waals surface area contributed by atoms with Crippen molar-refractivity contribution in [1.82, 2.24) is 0 Å². The molecule has 2 rings (SSSR count). The van der Waals surface area contributed by atoms with Gasteiger partial charge in [-0.2, -0.15) is 0 Å². The Morgan fingerprint density at radius 1 is 1.38 bits per heavy atom. The van der Waals surface area contributed by atoms with Gasteiger partial charge in [0, 0.05) is 11.5 Å². The van der Waals surface area contributed by atoms with E-state index in [0.717, 1.165) is 24.2 Å². The van der Waals surface area contributed by atoms with Gasteiger partial charge in [0.05, 0.1) is 6.61 Å². The number of hydrogen-bond acceptors (Lipinski definition) is 2. The molecule has 0 amide bonds. The minimum Gasteiger partial charge on any atom is -0.494 e. The molecule has 16 heavy (non-hydrogen) atoms. The summed E-state index contributed by atoms with van der Waals surface area (Å²) in [5, 5.41) is 0. The average molecular weight is 218 g/mol. The predicted molar refractivity (Wildman–Crippen MR) is 63.9 cm³/mol. The van der Waals surface area contributed by atoms with Crippen LogP contribution in [0.1, 0.15) is 43.0 Å². The van der Waals surface area contributed by atoms with Crippen molar-refractivity contribution in [2.24, 2.45) is 5.92 Å². The summed E-state index contributed by atoms with van der Waals surface area (Å²) < 4.78 is 5.41. The first-order valence-corrected chi connectivity index (χ1v) is 6.08. The molecule has 86 valence electrons. The van der Waals surface area contributed by atoms with Crippen molar-refractivity contribution in [2.75, 3.05) is 6.61 Å². The zero-order chi connectivity index (χ0) is 11.4. The zero-order valence-corrected chi connectivity index (χ0v) is 9.74. The Hall–Kier alpha value is -1.31. The Kier molecular flexibility index (Phi) is 3.60. The van der Waals surface area contributed by atoms with Crippen LogP contribution in [-0.2, 0) is 0 Å². The van der Waals surface area contributed by atoms with Crippen LogP contribution in [0.4, 0.5) is 0 Å². The number of hydrogen-bond donors (Lipinski definition) is 0. The van der Waals surface area contributed by atoms with Gasteiger partial charge in [0.25, 0.3) is 0 Å². The molecule has 1 aromatic carbocycles. The molecule has 1 aliphatic carbocycles. The van der Waals surface area contributed by atoms with E-state index in [0.29, 0.717) is 12.4 Å². The van der Waals surface area contributed by atoms with E-state index in [-0.39, 0.29) is 5.92 Å². The lowest BCUT2D eigenvalue weighted by molar-refractivity contribution is 0.0922. The minimum atomic E-state index is 0.247. The Morgan fingerprint density at radius 3 is 2.81 bits per heavy atom. The van der Waals surface area contributed by atoms with Gasteiger partial charge in [-0.3, -0.25) is 4.79 Å². The van der Waals surface area contributed by atoms with Gasteiger partial charge in [-0.1, -0.05) is 25.0 Å². The molecule has 1 aromatic rings. The predicted octanol–water partition coefficient (Wildman–Crippen LogP) is 3.46. The zero-order valence-electron chi connectivity index (χ0n) is 9.74. The fourth-order valence-corrected chi connectivity index (χ4v) is 2.33. The highest BCUT2D eigenvalue weighted by molar-refractivity contribution is 5.98. The molecular formula is C14H18O2. The molecule has 0 N–H and O–H groups in total. The van der Waals surface area contributed by atoms with Gasteiger partial charge >= 0.3 is 0 Å². The normalized spacial score (nSPS) is 16.3. The van der Waals surface area contributed by atoms with Crippen LogP contribution in [0.25, 0.3) is 0 Å². The van der Waals surface area contributed by atoms with E-state index in [2.05, 4.69) is 0 Å². The molecule has 1 saturated carbocycles. The second-order valence-corrected chi connectivity index (χ2v) is 4.31. The molecule has 0 radical (unpaired) electrons. The van der Waals surface area contributed by atoms with E-state index in [1.165, 1.54) is 12.8 Å². The Balaban J connectivity index is 2.12. The third kappa shape index (κ3) is 2.43. The quantitative estimate of drug-likeness (QED) is 0.723. The Labute approximate surface area is 96.6 Å². The first-order valence-electron chi connectivity index (χ1n) is 6.08. The number of ether oxygens (including phenoxy) is 1. The number of carbonyl (C=O) groups excluding carboxylic acids is 1. The topological polar surface area (TPSA) is 26.3 Å². The standard InChI is InChI=1S/C14H18O2/c1-2-16-13-9-5-8-12(10-13)14(15)11-6-3-4-7-11/h5,8-11H,2-4,6-7H2,1H3. The third-order valence-electron chi connectivity index (χ3n) is 3.16. The van der Waals surface area contributed by atoms with Crippen LogP contribution in [0.3, 0.4) is 0 Å². The minimum absolute atomic E-state index is 0.247. The molecule has 1 fully saturated rings. The third-order valence-corrected chi connectivity index (χ3v) is 3.16. The van der Waals surface area contributed by atoms with E-state index in [9.17, 15) is 4.79 Å². The second-order valence-electron chi connectivity index (χ2n) is 4.31. The van der Waals surface area contributed by atoms with Gasteiger partial charge < -0.3 is 4.74 Å². The van der Waals surface area contributed by atoms with Crippen molar-refractivity contribution in [2.45, 2.75) is 32.6 Å². The van der Waals surface area contributed by atoms with Gasteiger partial charge in [-0.15, -0.1) is 0 Å². The fraction of sp³-hybridized carbons (Fsp3) is 0.500. The van der Waals surface area contributed by atoms with E-state index < -0.39 is 0 Å². The summed E-state index contributed by atoms with van der Waals surface area (Å²) in [6, 6.07) is 7.55. The molecule has 0 heterocycles. The highest BCUT2D eigenvalue weighted by atomic mass is 16.5. The van der Waals surface area contributed by atoms with E-state index >= 15 is 0 Å². The average Bonchev–Trinajstić information content (AvgIpc) is 2.82. The van der Waals surface area contributed by atoms with Crippen molar-refractivity contribution >= 4 is 5.78 Å². The molecule has 2 heteroatoms. The summed E-state index contributed by atoms with van der Waals surface area (Å²) in [4.78, 5) is 12.1. The maximum atomic E-state index is 12.1. The van der Waals surface area contributed by atoms with E-state index in [1.54, 1.807) is 0 Å². The monoisotopic (exact) mass is 218 g/mol. The van der Waals surface area contributed by atoms with Gasteiger partial charge in [0.1, 0.15) is 5.75 Å². The van der Waals surface area contributed by atoms with Crippen molar-refractivity contribution < 1.29 is 9.53 Å². The first-order chi connectivity index (χ1) is 7.81. The number of benzene rings is 1. The van der Waals surface area contributed by atoms with Crippen LogP contribution in [0.2, 0.25) is 0 Å². The van der Waals surface area contributed by atoms with Crippen LogP contribution >= 0.6 is 0 Å². The summed E-state index contributed by atoms with van der Waals surface area (Å²) in [7, 11) is 0. The summed E-state index contributed by atoms with van der Waals surface area (Å²) in [5.41, 5.74) is 0.804. The lowest BCUT2D eigenvalue weighted by Gasteiger charge is -2.09. The first kappa shape index (κ1) is 11.2. The van der Waals surface area contributed by atoms with Crippen LogP contribution in [0.15, 0.2) is 24.3 Å². The van der Waals surface area contributed by atoms with Crippen LogP contribution < -0.4 is 4.74 Å². The van der Waals surface area contributed by atoms with E-state index in [4.69, 9.17) is 4.74 Å². The molecule has 0 saturated heterocycles. The molecule has 0 bridgehead atoms. The largest absolute Gasteiger partial charge is 0.494 e. The summed E-state index contributed by atoms with van der Waals surface area (Å²) in [6.07, 6.45) is 4.50. The van der Waals surface area contributed by atoms with Crippen molar-refractivity contribution in [3.8, 4) is 5.75 Å². The Bertz CT molecular complexity index is 365. The lowest BCUT2D eigenvalue weighted by Crippen LogP contribution is -2.11. The van der Waals surface area contributed by atoms with Gasteiger partial charge in [0.2, 0.25) is 0 Å². The van der Waals surface area contributed by atoms with Gasteiger partial charge in [-0.05, 0) is 31.9 Å². The summed E-state index contributed by atoms with van der Waals surface area (Å²) in [5.74, 6) is 1.34. The number of rotatable bonds is 4.